The number of carbonyl (C=O) groups is 1. The molecule has 2 nitrogen and oxygen atoms in total. The van der Waals surface area contributed by atoms with Crippen LogP contribution in [0.3, 0.4) is 0 Å². The molecule has 0 N–H and O–H groups in total. The van der Waals surface area contributed by atoms with E-state index in [0.29, 0.717) is 6.42 Å². The first-order chi connectivity index (χ1) is 6.45. The molecule has 0 unspecified atom stereocenters. The topological polar surface area (TPSA) is 20.3 Å². The molecular weight excluding hydrogens is 242 g/mol. The average Bonchev–Trinajstić information content (AvgIpc) is 2.17. The fraction of sp³-hybridized carbons (Fsp3) is 0.909. The first-order valence-electron chi connectivity index (χ1n) is 5.28. The lowest BCUT2D eigenvalue weighted by atomic mass is 9.99. The summed E-state index contributed by atoms with van der Waals surface area (Å²) in [4.78, 5) is 13.6. The normalized spacial score (nSPS) is 11.5. The molecule has 0 aliphatic carbocycles. The predicted octanol–water partition coefficient (Wildman–Crippen LogP) is 3.20. The van der Waals surface area contributed by atoms with Crippen molar-refractivity contribution in [3.05, 3.63) is 0 Å². The first-order valence-corrected chi connectivity index (χ1v) is 6.40. The van der Waals surface area contributed by atoms with Gasteiger partial charge in [0, 0.05) is 24.3 Å². The first kappa shape index (κ1) is 13.9. The lowest BCUT2D eigenvalue weighted by Gasteiger charge is -2.35. The number of hydrogen-bond acceptors (Lipinski definition) is 1. The van der Waals surface area contributed by atoms with Crippen LogP contribution in [0.1, 0.15) is 46.5 Å². The number of nitrogens with zero attached hydrogens (tertiary/aromatic N) is 1. The number of halogens is 1. The van der Waals surface area contributed by atoms with Crippen molar-refractivity contribution in [1.29, 1.82) is 0 Å². The van der Waals surface area contributed by atoms with Crippen LogP contribution in [0.4, 0.5) is 0 Å². The maximum Gasteiger partial charge on any atom is 0.222 e. The van der Waals surface area contributed by atoms with Gasteiger partial charge in [-0.3, -0.25) is 4.79 Å². The van der Waals surface area contributed by atoms with Gasteiger partial charge in [-0.1, -0.05) is 22.9 Å². The molecule has 0 aromatic carbocycles. The molecule has 0 heterocycles. The summed E-state index contributed by atoms with van der Waals surface area (Å²) in [5.74, 6) is 0.262. The molecule has 0 saturated heterocycles. The molecule has 0 aromatic rings. The second-order valence-corrected chi connectivity index (χ2v) is 5.06. The summed E-state index contributed by atoms with van der Waals surface area (Å²) >= 11 is 3.36. The maximum atomic E-state index is 11.7. The second-order valence-electron chi connectivity index (χ2n) is 4.26. The largest absolute Gasteiger partial charge is 0.341 e. The van der Waals surface area contributed by atoms with Crippen molar-refractivity contribution in [3.63, 3.8) is 0 Å². The molecule has 0 fully saturated rings. The van der Waals surface area contributed by atoms with Crippen molar-refractivity contribution in [2.45, 2.75) is 52.0 Å². The molecule has 0 saturated carbocycles. The Morgan fingerprint density at radius 3 is 2.36 bits per heavy atom. The van der Waals surface area contributed by atoms with Crippen LogP contribution < -0.4 is 0 Å². The highest BCUT2D eigenvalue weighted by Crippen LogP contribution is 2.17. The summed E-state index contributed by atoms with van der Waals surface area (Å²) < 4.78 is 0. The van der Waals surface area contributed by atoms with Gasteiger partial charge in [0.15, 0.2) is 0 Å². The van der Waals surface area contributed by atoms with Crippen molar-refractivity contribution in [2.24, 2.45) is 0 Å². The number of unbranched alkanes of at least 4 members (excludes halogenated alkanes) is 1. The third-order valence-corrected chi connectivity index (χ3v) is 3.48. The SMILES string of the molecule is CCC(C)(C)N(C)C(=O)CCCCBr. The Hall–Kier alpha value is -0.0500. The highest BCUT2D eigenvalue weighted by Gasteiger charge is 2.24. The van der Waals surface area contributed by atoms with E-state index in [2.05, 4.69) is 36.7 Å². The van der Waals surface area contributed by atoms with Gasteiger partial charge in [-0.25, -0.2) is 0 Å². The van der Waals surface area contributed by atoms with Gasteiger partial charge in [-0.15, -0.1) is 0 Å². The van der Waals surface area contributed by atoms with Gasteiger partial charge in [0.1, 0.15) is 0 Å². The van der Waals surface area contributed by atoms with Crippen molar-refractivity contribution >= 4 is 21.8 Å². The molecule has 0 aliphatic heterocycles. The zero-order chi connectivity index (χ0) is 11.2. The smallest absolute Gasteiger partial charge is 0.222 e. The van der Waals surface area contributed by atoms with E-state index in [-0.39, 0.29) is 11.4 Å². The van der Waals surface area contributed by atoms with Gasteiger partial charge in [0.25, 0.3) is 0 Å². The van der Waals surface area contributed by atoms with Gasteiger partial charge in [-0.05, 0) is 33.1 Å². The van der Waals surface area contributed by atoms with E-state index < -0.39 is 0 Å². The summed E-state index contributed by atoms with van der Waals surface area (Å²) in [5.41, 5.74) is -0.00845. The van der Waals surface area contributed by atoms with Crippen LogP contribution >= 0.6 is 15.9 Å². The Balaban J connectivity index is 3.99. The summed E-state index contributed by atoms with van der Waals surface area (Å²) in [6.07, 6.45) is 3.72. The number of carbonyl (C=O) groups excluding carboxylic acids is 1. The summed E-state index contributed by atoms with van der Waals surface area (Å²) in [6.45, 7) is 6.33. The van der Waals surface area contributed by atoms with E-state index in [1.807, 2.05) is 11.9 Å². The van der Waals surface area contributed by atoms with E-state index >= 15 is 0 Å². The van der Waals surface area contributed by atoms with Crippen LogP contribution in [0.2, 0.25) is 0 Å². The maximum absolute atomic E-state index is 11.7. The van der Waals surface area contributed by atoms with Crippen LogP contribution in [-0.4, -0.2) is 28.7 Å². The van der Waals surface area contributed by atoms with Crippen molar-refractivity contribution in [1.82, 2.24) is 4.90 Å². The molecule has 0 atom stereocenters. The van der Waals surface area contributed by atoms with Crippen LogP contribution in [0.5, 0.6) is 0 Å². The Morgan fingerprint density at radius 2 is 1.93 bits per heavy atom. The highest BCUT2D eigenvalue weighted by molar-refractivity contribution is 9.09. The third-order valence-electron chi connectivity index (χ3n) is 2.92. The second kappa shape index (κ2) is 6.44. The molecule has 0 aliphatic rings. The molecule has 0 radical (unpaired) electrons. The molecule has 1 amide bonds. The van der Waals surface area contributed by atoms with E-state index in [4.69, 9.17) is 0 Å². The Kier molecular flexibility index (Phi) is 6.41. The summed E-state index contributed by atoms with van der Waals surface area (Å²) in [5, 5.41) is 0.987. The number of hydrogen-bond donors (Lipinski definition) is 0. The molecular formula is C11H22BrNO. The van der Waals surface area contributed by atoms with Crippen LogP contribution in [-0.2, 0) is 4.79 Å². The van der Waals surface area contributed by atoms with Gasteiger partial charge in [0.05, 0.1) is 0 Å². The zero-order valence-electron chi connectivity index (χ0n) is 9.77. The monoisotopic (exact) mass is 263 g/mol. The summed E-state index contributed by atoms with van der Waals surface area (Å²) in [6, 6.07) is 0. The molecule has 0 rings (SSSR count). The Labute approximate surface area is 96.2 Å². The number of rotatable bonds is 6. The van der Waals surface area contributed by atoms with Crippen LogP contribution in [0, 0.1) is 0 Å². The fourth-order valence-corrected chi connectivity index (χ4v) is 1.51. The average molecular weight is 264 g/mol. The number of alkyl halides is 1. The van der Waals surface area contributed by atoms with E-state index in [1.54, 1.807) is 0 Å². The van der Waals surface area contributed by atoms with Gasteiger partial charge >= 0.3 is 0 Å². The van der Waals surface area contributed by atoms with E-state index in [0.717, 1.165) is 24.6 Å². The minimum atomic E-state index is -0.00845. The van der Waals surface area contributed by atoms with Gasteiger partial charge in [-0.2, -0.15) is 0 Å². The molecule has 0 aromatic heterocycles. The van der Waals surface area contributed by atoms with Crippen LogP contribution in [0.25, 0.3) is 0 Å². The summed E-state index contributed by atoms with van der Waals surface area (Å²) in [7, 11) is 1.90. The van der Waals surface area contributed by atoms with Crippen molar-refractivity contribution < 1.29 is 4.79 Å². The van der Waals surface area contributed by atoms with Gasteiger partial charge in [0.2, 0.25) is 5.91 Å². The minimum Gasteiger partial charge on any atom is -0.341 e. The number of amides is 1. The molecule has 0 bridgehead atoms. The lowest BCUT2D eigenvalue weighted by molar-refractivity contribution is -0.134. The van der Waals surface area contributed by atoms with Crippen molar-refractivity contribution in [2.75, 3.05) is 12.4 Å². The molecule has 14 heavy (non-hydrogen) atoms. The standard InChI is InChI=1S/C11H22BrNO/c1-5-11(2,3)13(4)10(14)8-6-7-9-12/h5-9H2,1-4H3. The molecule has 84 valence electrons. The Bertz CT molecular complexity index is 180. The molecule has 3 heteroatoms. The fourth-order valence-electron chi connectivity index (χ4n) is 1.11. The Morgan fingerprint density at radius 1 is 1.36 bits per heavy atom. The zero-order valence-corrected chi connectivity index (χ0v) is 11.4. The third kappa shape index (κ3) is 4.45. The van der Waals surface area contributed by atoms with E-state index in [1.165, 1.54) is 0 Å². The molecule has 0 spiro atoms. The van der Waals surface area contributed by atoms with Crippen LogP contribution in [0.15, 0.2) is 0 Å². The highest BCUT2D eigenvalue weighted by atomic mass is 79.9. The minimum absolute atomic E-state index is 0.00845. The predicted molar refractivity (Wildman–Crippen MR) is 64.8 cm³/mol. The quantitative estimate of drug-likeness (QED) is 0.533. The van der Waals surface area contributed by atoms with E-state index in [9.17, 15) is 4.79 Å². The van der Waals surface area contributed by atoms with Crippen molar-refractivity contribution in [3.8, 4) is 0 Å². The lowest BCUT2D eigenvalue weighted by Crippen LogP contribution is -2.44. The van der Waals surface area contributed by atoms with Gasteiger partial charge < -0.3 is 4.90 Å².